The maximum atomic E-state index is 12.8. The lowest BCUT2D eigenvalue weighted by atomic mass is 10.1. The highest BCUT2D eigenvalue weighted by Gasteiger charge is 2.14. The highest BCUT2D eigenvalue weighted by molar-refractivity contribution is 6.35. The number of para-hydroxylation sites is 1. The molecule has 0 atom stereocenters. The van der Waals surface area contributed by atoms with Crippen LogP contribution in [0.5, 0.6) is 0 Å². The first-order valence-electron chi connectivity index (χ1n) is 10.1. The third-order valence-corrected chi connectivity index (χ3v) is 5.79. The van der Waals surface area contributed by atoms with E-state index in [4.69, 9.17) is 28.3 Å². The molecule has 0 saturated carbocycles. The largest absolute Gasteiger partial charge is 0.478 e. The van der Waals surface area contributed by atoms with Crippen molar-refractivity contribution in [2.45, 2.75) is 6.54 Å². The van der Waals surface area contributed by atoms with Gasteiger partial charge >= 0.3 is 5.97 Å². The van der Waals surface area contributed by atoms with Crippen molar-refractivity contribution >= 4 is 57.7 Å². The van der Waals surface area contributed by atoms with E-state index < -0.39 is 11.9 Å². The number of halogens is 2. The zero-order valence-electron chi connectivity index (χ0n) is 17.6. The molecule has 0 aliphatic heterocycles. The van der Waals surface area contributed by atoms with Gasteiger partial charge in [-0.3, -0.25) is 4.79 Å². The number of carboxylic acids is 1. The molecule has 1 aromatic heterocycles. The van der Waals surface area contributed by atoms with E-state index in [1.54, 1.807) is 18.2 Å². The lowest BCUT2D eigenvalue weighted by Gasteiger charge is -2.08. The standard InChI is InChI=1S/C26H17Cl2N3O3/c27-20-9-8-17(23(28)12-20)14-31-15-19(22-6-1-2-7-24(22)31)10-18(13-29)25(32)30-21-5-3-4-16(11-21)26(33)34/h1-12,15H,14H2,(H,30,32)(H,33,34)/b18-10-. The van der Waals surface area contributed by atoms with Gasteiger partial charge in [-0.05, 0) is 48.0 Å². The minimum atomic E-state index is -1.11. The van der Waals surface area contributed by atoms with Crippen LogP contribution in [-0.2, 0) is 11.3 Å². The number of hydrogen-bond donors (Lipinski definition) is 2. The quantitative estimate of drug-likeness (QED) is 0.247. The number of carboxylic acid groups (broad SMARTS) is 1. The molecule has 168 valence electrons. The first-order valence-corrected chi connectivity index (χ1v) is 10.9. The molecule has 0 unspecified atom stereocenters. The average Bonchev–Trinajstić information content (AvgIpc) is 3.16. The molecule has 1 amide bonds. The Labute approximate surface area is 205 Å². The van der Waals surface area contributed by atoms with E-state index in [1.807, 2.05) is 47.2 Å². The fraction of sp³-hybridized carbons (Fsp3) is 0.0385. The zero-order chi connectivity index (χ0) is 24.2. The van der Waals surface area contributed by atoms with E-state index in [0.717, 1.165) is 16.5 Å². The second-order valence-electron chi connectivity index (χ2n) is 7.48. The van der Waals surface area contributed by atoms with Gasteiger partial charge in [-0.25, -0.2) is 4.79 Å². The second-order valence-corrected chi connectivity index (χ2v) is 8.32. The Kier molecular flexibility index (Phi) is 6.69. The summed E-state index contributed by atoms with van der Waals surface area (Å²) in [5.41, 5.74) is 2.67. The topological polar surface area (TPSA) is 95.1 Å². The number of nitrogens with one attached hydrogen (secondary N) is 1. The van der Waals surface area contributed by atoms with Gasteiger partial charge < -0.3 is 15.0 Å². The highest BCUT2D eigenvalue weighted by Crippen LogP contribution is 2.27. The van der Waals surface area contributed by atoms with Crippen molar-refractivity contribution in [1.29, 1.82) is 5.26 Å². The van der Waals surface area contributed by atoms with Gasteiger partial charge in [0, 0.05) is 44.9 Å². The molecule has 6 nitrogen and oxygen atoms in total. The Bertz CT molecular complexity index is 1500. The molecule has 4 aromatic rings. The number of carbonyl (C=O) groups excluding carboxylic acids is 1. The van der Waals surface area contributed by atoms with Crippen LogP contribution in [0, 0.1) is 11.3 Å². The molecule has 2 N–H and O–H groups in total. The number of amides is 1. The molecule has 34 heavy (non-hydrogen) atoms. The number of rotatable bonds is 6. The minimum absolute atomic E-state index is 0.0317. The van der Waals surface area contributed by atoms with E-state index in [0.29, 0.717) is 22.2 Å². The van der Waals surface area contributed by atoms with Gasteiger partial charge in [-0.15, -0.1) is 0 Å². The lowest BCUT2D eigenvalue weighted by molar-refractivity contribution is -0.112. The maximum absolute atomic E-state index is 12.8. The van der Waals surface area contributed by atoms with Crippen molar-refractivity contribution in [1.82, 2.24) is 4.57 Å². The van der Waals surface area contributed by atoms with Gasteiger partial charge in [0.05, 0.1) is 5.56 Å². The molecular weight excluding hydrogens is 473 g/mol. The van der Waals surface area contributed by atoms with Crippen LogP contribution in [0.1, 0.15) is 21.5 Å². The number of carbonyl (C=O) groups is 2. The molecule has 0 bridgehead atoms. The first-order chi connectivity index (χ1) is 16.4. The molecule has 0 aliphatic rings. The summed E-state index contributed by atoms with van der Waals surface area (Å²) in [5, 5.41) is 23.3. The zero-order valence-corrected chi connectivity index (χ0v) is 19.1. The summed E-state index contributed by atoms with van der Waals surface area (Å²) in [5.74, 6) is -1.75. The molecule has 0 radical (unpaired) electrons. The molecule has 3 aromatic carbocycles. The highest BCUT2D eigenvalue weighted by atomic mass is 35.5. The number of nitrogens with zero attached hydrogens (tertiary/aromatic N) is 2. The van der Waals surface area contributed by atoms with Crippen molar-refractivity contribution in [3.63, 3.8) is 0 Å². The van der Waals surface area contributed by atoms with Crippen LogP contribution in [0.25, 0.3) is 17.0 Å². The smallest absolute Gasteiger partial charge is 0.335 e. The van der Waals surface area contributed by atoms with Crippen molar-refractivity contribution in [3.05, 3.63) is 105 Å². The fourth-order valence-electron chi connectivity index (χ4n) is 3.59. The van der Waals surface area contributed by atoms with Gasteiger partial charge in [0.1, 0.15) is 11.6 Å². The fourth-order valence-corrected chi connectivity index (χ4v) is 4.06. The molecule has 4 rings (SSSR count). The summed E-state index contributed by atoms with van der Waals surface area (Å²) in [6.07, 6.45) is 3.37. The van der Waals surface area contributed by atoms with E-state index in [1.165, 1.54) is 24.3 Å². The van der Waals surface area contributed by atoms with Crippen LogP contribution in [0.4, 0.5) is 5.69 Å². The predicted molar refractivity (Wildman–Crippen MR) is 133 cm³/mol. The van der Waals surface area contributed by atoms with Crippen LogP contribution in [0.15, 0.2) is 78.5 Å². The number of hydrogen-bond acceptors (Lipinski definition) is 3. The Morgan fingerprint density at radius 1 is 1.06 bits per heavy atom. The number of nitriles is 1. The van der Waals surface area contributed by atoms with Crippen LogP contribution < -0.4 is 5.32 Å². The minimum Gasteiger partial charge on any atom is -0.478 e. The Balaban J connectivity index is 1.67. The third-order valence-electron chi connectivity index (χ3n) is 5.21. The molecule has 0 saturated heterocycles. The molecule has 0 spiro atoms. The van der Waals surface area contributed by atoms with Gasteiger partial charge in [0.25, 0.3) is 5.91 Å². The van der Waals surface area contributed by atoms with Crippen LogP contribution in [0.3, 0.4) is 0 Å². The Morgan fingerprint density at radius 3 is 2.59 bits per heavy atom. The Hall–Kier alpha value is -4.05. The van der Waals surface area contributed by atoms with E-state index in [2.05, 4.69) is 5.32 Å². The van der Waals surface area contributed by atoms with Gasteiger partial charge in [-0.2, -0.15) is 5.26 Å². The Morgan fingerprint density at radius 2 is 1.85 bits per heavy atom. The normalized spacial score (nSPS) is 11.3. The van der Waals surface area contributed by atoms with Crippen molar-refractivity contribution in [2.75, 3.05) is 5.32 Å². The molecule has 0 aliphatic carbocycles. The summed E-state index contributed by atoms with van der Waals surface area (Å²) in [6, 6.07) is 20.7. The van der Waals surface area contributed by atoms with Gasteiger partial charge in [0.2, 0.25) is 0 Å². The second kappa shape index (κ2) is 9.84. The average molecular weight is 490 g/mol. The molecular formula is C26H17Cl2N3O3. The van der Waals surface area contributed by atoms with Crippen LogP contribution >= 0.6 is 23.2 Å². The third kappa shape index (κ3) is 4.96. The lowest BCUT2D eigenvalue weighted by Crippen LogP contribution is -2.13. The van der Waals surface area contributed by atoms with E-state index in [-0.39, 0.29) is 16.8 Å². The summed E-state index contributed by atoms with van der Waals surface area (Å²) in [4.78, 5) is 23.9. The summed E-state index contributed by atoms with van der Waals surface area (Å²) < 4.78 is 1.99. The molecule has 8 heteroatoms. The molecule has 1 heterocycles. The van der Waals surface area contributed by atoms with Crippen molar-refractivity contribution in [3.8, 4) is 6.07 Å². The van der Waals surface area contributed by atoms with Gasteiger partial charge in [-0.1, -0.05) is 53.5 Å². The monoisotopic (exact) mass is 489 g/mol. The number of aromatic nitrogens is 1. The van der Waals surface area contributed by atoms with E-state index in [9.17, 15) is 14.9 Å². The maximum Gasteiger partial charge on any atom is 0.335 e. The SMILES string of the molecule is N#C/C(=C/c1cn(Cc2ccc(Cl)cc2Cl)c2ccccc12)C(=O)Nc1cccc(C(=O)O)c1. The van der Waals surface area contributed by atoms with Crippen molar-refractivity contribution in [2.24, 2.45) is 0 Å². The number of anilines is 1. The van der Waals surface area contributed by atoms with Gasteiger partial charge in [0.15, 0.2) is 0 Å². The predicted octanol–water partition coefficient (Wildman–Crippen LogP) is 6.24. The van der Waals surface area contributed by atoms with E-state index >= 15 is 0 Å². The number of aromatic carboxylic acids is 1. The summed E-state index contributed by atoms with van der Waals surface area (Å²) >= 11 is 12.4. The van der Waals surface area contributed by atoms with Crippen molar-refractivity contribution < 1.29 is 14.7 Å². The molecule has 0 fully saturated rings. The first kappa shape index (κ1) is 23.1. The summed E-state index contributed by atoms with van der Waals surface area (Å²) in [6.45, 7) is 0.473. The number of fused-ring (bicyclic) bond motifs is 1. The number of benzene rings is 3. The van der Waals surface area contributed by atoms with Crippen LogP contribution in [0.2, 0.25) is 10.0 Å². The van der Waals surface area contributed by atoms with Crippen LogP contribution in [-0.4, -0.2) is 21.6 Å². The summed E-state index contributed by atoms with van der Waals surface area (Å²) in [7, 11) is 0.